The first-order valence-electron chi connectivity index (χ1n) is 10.5. The van der Waals surface area contributed by atoms with Crippen molar-refractivity contribution in [3.8, 4) is 0 Å². The van der Waals surface area contributed by atoms with Crippen LogP contribution in [0, 0.1) is 0 Å². The van der Waals surface area contributed by atoms with Crippen molar-refractivity contribution in [3.05, 3.63) is 59.7 Å². The lowest BCUT2D eigenvalue weighted by atomic mass is 9.99. The minimum absolute atomic E-state index is 0.0410. The summed E-state index contributed by atoms with van der Waals surface area (Å²) in [7, 11) is 0. The molecule has 29 heavy (non-hydrogen) atoms. The summed E-state index contributed by atoms with van der Waals surface area (Å²) in [6.45, 7) is 5.30. The Hall–Kier alpha value is -2.41. The Kier molecular flexibility index (Phi) is 6.44. The number of rotatable bonds is 6. The van der Waals surface area contributed by atoms with E-state index in [1.165, 1.54) is 5.56 Å². The zero-order chi connectivity index (χ0) is 20.1. The highest BCUT2D eigenvalue weighted by Crippen LogP contribution is 2.34. The van der Waals surface area contributed by atoms with Crippen LogP contribution in [0.25, 0.3) is 0 Å². The predicted molar refractivity (Wildman–Crippen MR) is 115 cm³/mol. The highest BCUT2D eigenvalue weighted by atomic mass is 16.3. The number of fused-ring (bicyclic) bond motifs is 2. The first-order chi connectivity index (χ1) is 14.2. The van der Waals surface area contributed by atoms with Crippen LogP contribution in [0.5, 0.6) is 0 Å². The van der Waals surface area contributed by atoms with Gasteiger partial charge >= 0.3 is 0 Å². The average Bonchev–Trinajstić information content (AvgIpc) is 2.89. The van der Waals surface area contributed by atoms with Crippen molar-refractivity contribution in [1.29, 1.82) is 0 Å². The summed E-state index contributed by atoms with van der Waals surface area (Å²) in [5.74, 6) is 0.0768. The van der Waals surface area contributed by atoms with E-state index >= 15 is 0 Å². The number of nitrogens with one attached hydrogen (secondary N) is 2. The third-order valence-corrected chi connectivity index (χ3v) is 5.85. The maximum atomic E-state index is 12.8. The summed E-state index contributed by atoms with van der Waals surface area (Å²) in [4.78, 5) is 17.4. The maximum absolute atomic E-state index is 12.8. The second-order valence-electron chi connectivity index (χ2n) is 7.89. The summed E-state index contributed by atoms with van der Waals surface area (Å²) < 4.78 is 0. The van der Waals surface area contributed by atoms with Crippen LogP contribution in [0.15, 0.2) is 48.5 Å². The molecule has 6 nitrogen and oxygen atoms in total. The van der Waals surface area contributed by atoms with Crippen molar-refractivity contribution in [3.63, 3.8) is 0 Å². The molecule has 2 aromatic rings. The van der Waals surface area contributed by atoms with Crippen molar-refractivity contribution in [1.82, 2.24) is 15.1 Å². The number of anilines is 2. The molecule has 2 aliphatic rings. The molecule has 0 aliphatic carbocycles. The number of piperazine rings is 1. The van der Waals surface area contributed by atoms with Gasteiger partial charge < -0.3 is 20.6 Å². The molecule has 1 atom stereocenters. The fourth-order valence-corrected chi connectivity index (χ4v) is 4.25. The molecule has 2 aromatic carbocycles. The topological polar surface area (TPSA) is 67.8 Å². The largest absolute Gasteiger partial charge is 0.396 e. The molecule has 4 rings (SSSR count). The van der Waals surface area contributed by atoms with E-state index in [2.05, 4.69) is 44.7 Å². The average molecular weight is 395 g/mol. The monoisotopic (exact) mass is 394 g/mol. The van der Waals surface area contributed by atoms with Gasteiger partial charge in [-0.1, -0.05) is 36.4 Å². The first-order valence-corrected chi connectivity index (χ1v) is 10.5. The zero-order valence-corrected chi connectivity index (χ0v) is 16.8. The molecule has 0 saturated carbocycles. The Labute approximate surface area is 172 Å². The van der Waals surface area contributed by atoms with Gasteiger partial charge in [0.25, 0.3) is 0 Å². The van der Waals surface area contributed by atoms with Gasteiger partial charge in [0, 0.05) is 50.7 Å². The molecule has 1 unspecified atom stereocenters. The van der Waals surface area contributed by atoms with E-state index in [4.69, 9.17) is 5.11 Å². The van der Waals surface area contributed by atoms with E-state index in [0.29, 0.717) is 6.54 Å². The second-order valence-corrected chi connectivity index (χ2v) is 7.89. The van der Waals surface area contributed by atoms with Crippen LogP contribution in [0.1, 0.15) is 23.6 Å². The molecule has 6 heteroatoms. The summed E-state index contributed by atoms with van der Waals surface area (Å²) in [5, 5.41) is 15.8. The number of aliphatic hydroxyl groups excluding tert-OH is 1. The van der Waals surface area contributed by atoms with Crippen LogP contribution in [0.2, 0.25) is 0 Å². The standard InChI is InChI=1S/C23H30N4O2/c28-15-5-10-26-11-13-27(14-12-26)17-23(29)25-22-16-18-6-1-3-8-20(18)24-21-9-4-2-7-19(21)22/h1-4,6-9,22,24,28H,5,10-17H2,(H,25,29). The molecule has 0 spiro atoms. The summed E-state index contributed by atoms with van der Waals surface area (Å²) in [6, 6.07) is 16.5. The molecule has 0 radical (unpaired) electrons. The molecule has 0 aromatic heterocycles. The zero-order valence-electron chi connectivity index (χ0n) is 16.8. The summed E-state index contributed by atoms with van der Waals surface area (Å²) in [5.41, 5.74) is 4.51. The van der Waals surface area contributed by atoms with E-state index in [9.17, 15) is 4.79 Å². The Morgan fingerprint density at radius 1 is 1.00 bits per heavy atom. The summed E-state index contributed by atoms with van der Waals surface area (Å²) in [6.07, 6.45) is 1.60. The van der Waals surface area contributed by atoms with Crippen LogP contribution in [0.3, 0.4) is 0 Å². The van der Waals surface area contributed by atoms with E-state index in [1.807, 2.05) is 24.3 Å². The highest BCUT2D eigenvalue weighted by molar-refractivity contribution is 5.79. The van der Waals surface area contributed by atoms with Crippen LogP contribution in [-0.4, -0.2) is 66.7 Å². The van der Waals surface area contributed by atoms with Gasteiger partial charge in [-0.2, -0.15) is 0 Å². The molecule has 1 saturated heterocycles. The van der Waals surface area contributed by atoms with Crippen LogP contribution in [-0.2, 0) is 11.2 Å². The van der Waals surface area contributed by atoms with Crippen molar-refractivity contribution in [2.75, 3.05) is 51.2 Å². The Morgan fingerprint density at radius 3 is 2.48 bits per heavy atom. The molecule has 0 bridgehead atoms. The number of benzene rings is 2. The van der Waals surface area contributed by atoms with Gasteiger partial charge in [-0.05, 0) is 36.1 Å². The molecular formula is C23H30N4O2. The Balaban J connectivity index is 1.39. The molecule has 154 valence electrons. The smallest absolute Gasteiger partial charge is 0.234 e. The van der Waals surface area contributed by atoms with E-state index in [0.717, 1.165) is 62.5 Å². The third-order valence-electron chi connectivity index (χ3n) is 5.85. The molecule has 1 amide bonds. The number of para-hydroxylation sites is 2. The molecular weight excluding hydrogens is 364 g/mol. The molecule has 1 fully saturated rings. The first kappa shape index (κ1) is 19.9. The maximum Gasteiger partial charge on any atom is 0.234 e. The van der Waals surface area contributed by atoms with Crippen molar-refractivity contribution >= 4 is 17.3 Å². The number of hydrogen-bond donors (Lipinski definition) is 3. The number of carbonyl (C=O) groups is 1. The van der Waals surface area contributed by atoms with Gasteiger partial charge in [0.2, 0.25) is 5.91 Å². The number of aliphatic hydroxyl groups is 1. The number of nitrogens with zero attached hydrogens (tertiary/aromatic N) is 2. The van der Waals surface area contributed by atoms with Crippen molar-refractivity contribution in [2.24, 2.45) is 0 Å². The van der Waals surface area contributed by atoms with Gasteiger partial charge in [0.15, 0.2) is 0 Å². The minimum Gasteiger partial charge on any atom is -0.396 e. The van der Waals surface area contributed by atoms with Crippen LogP contribution < -0.4 is 10.6 Å². The number of amides is 1. The quantitative estimate of drug-likeness (QED) is 0.701. The third kappa shape index (κ3) is 4.96. The lowest BCUT2D eigenvalue weighted by molar-refractivity contribution is -0.123. The Morgan fingerprint density at radius 2 is 1.69 bits per heavy atom. The van der Waals surface area contributed by atoms with Crippen molar-refractivity contribution < 1.29 is 9.90 Å². The van der Waals surface area contributed by atoms with Gasteiger partial charge in [0.1, 0.15) is 0 Å². The molecule has 2 heterocycles. The number of carbonyl (C=O) groups excluding carboxylic acids is 1. The van der Waals surface area contributed by atoms with Gasteiger partial charge in [0.05, 0.1) is 12.6 Å². The van der Waals surface area contributed by atoms with Gasteiger partial charge in [-0.3, -0.25) is 9.69 Å². The Bertz CT molecular complexity index is 833. The molecule has 3 N–H and O–H groups in total. The van der Waals surface area contributed by atoms with Gasteiger partial charge in [-0.15, -0.1) is 0 Å². The van der Waals surface area contributed by atoms with Crippen LogP contribution in [0.4, 0.5) is 11.4 Å². The highest BCUT2D eigenvalue weighted by Gasteiger charge is 2.24. The predicted octanol–water partition coefficient (Wildman–Crippen LogP) is 2.14. The van der Waals surface area contributed by atoms with E-state index in [1.54, 1.807) is 0 Å². The SMILES string of the molecule is O=C(CN1CCN(CCCO)CC1)NC1Cc2ccccc2Nc2ccccc21. The normalized spacial score (nSPS) is 19.6. The molecule has 2 aliphatic heterocycles. The minimum atomic E-state index is -0.0410. The van der Waals surface area contributed by atoms with E-state index < -0.39 is 0 Å². The summed E-state index contributed by atoms with van der Waals surface area (Å²) >= 11 is 0. The second kappa shape index (κ2) is 9.39. The fourth-order valence-electron chi connectivity index (χ4n) is 4.25. The van der Waals surface area contributed by atoms with Crippen molar-refractivity contribution in [2.45, 2.75) is 18.9 Å². The number of hydrogen-bond acceptors (Lipinski definition) is 5. The van der Waals surface area contributed by atoms with E-state index in [-0.39, 0.29) is 18.6 Å². The lowest BCUT2D eigenvalue weighted by Gasteiger charge is -2.34. The van der Waals surface area contributed by atoms with Gasteiger partial charge in [-0.25, -0.2) is 0 Å². The van der Waals surface area contributed by atoms with Crippen LogP contribution >= 0.6 is 0 Å². The fraction of sp³-hybridized carbons (Fsp3) is 0.435. The lowest BCUT2D eigenvalue weighted by Crippen LogP contribution is -2.50.